The lowest BCUT2D eigenvalue weighted by Crippen LogP contribution is -2.53. The van der Waals surface area contributed by atoms with E-state index in [4.69, 9.17) is 10.5 Å². The lowest BCUT2D eigenvalue weighted by molar-refractivity contribution is -0.131. The van der Waals surface area contributed by atoms with Crippen LogP contribution in [0.5, 0.6) is 5.75 Å². The monoisotopic (exact) mass is 509 g/mol. The second-order valence-electron chi connectivity index (χ2n) is 11.6. The van der Waals surface area contributed by atoms with Crippen molar-refractivity contribution in [3.63, 3.8) is 0 Å². The summed E-state index contributed by atoms with van der Waals surface area (Å²) >= 11 is 0. The molecule has 1 aliphatic carbocycles. The van der Waals surface area contributed by atoms with Crippen LogP contribution in [0.2, 0.25) is 0 Å². The van der Waals surface area contributed by atoms with Crippen LogP contribution in [-0.4, -0.2) is 64.8 Å². The molecule has 2 aromatic rings. The topological polar surface area (TPSA) is 147 Å². The maximum Gasteiger partial charge on any atom is 0.271 e. The molecular formula is C27H35N5O5. The zero-order chi connectivity index (χ0) is 26.5. The molecule has 1 aromatic carbocycles. The number of methoxy groups -OCH3 is 1. The van der Waals surface area contributed by atoms with Crippen molar-refractivity contribution in [3.8, 4) is 5.75 Å². The predicted molar refractivity (Wildman–Crippen MR) is 137 cm³/mol. The molecule has 198 valence electrons. The van der Waals surface area contributed by atoms with E-state index in [1.54, 1.807) is 18.1 Å². The van der Waals surface area contributed by atoms with E-state index in [1.165, 1.54) is 0 Å². The Kier molecular flexibility index (Phi) is 6.16. The smallest absolute Gasteiger partial charge is 0.271 e. The molecule has 10 nitrogen and oxygen atoms in total. The van der Waals surface area contributed by atoms with Crippen LogP contribution >= 0.6 is 0 Å². The maximum absolute atomic E-state index is 13.7. The molecule has 2 unspecified atom stereocenters. The first-order valence-electron chi connectivity index (χ1n) is 12.9. The summed E-state index contributed by atoms with van der Waals surface area (Å²) < 4.78 is 5.42. The van der Waals surface area contributed by atoms with Gasteiger partial charge in [-0.05, 0) is 69.6 Å². The number of rotatable bonds is 7. The fourth-order valence-corrected chi connectivity index (χ4v) is 6.30. The number of aromatic nitrogens is 1. The molecule has 10 heteroatoms. The van der Waals surface area contributed by atoms with E-state index in [2.05, 4.69) is 15.6 Å². The summed E-state index contributed by atoms with van der Waals surface area (Å²) in [6.07, 6.45) is 4.19. The fourth-order valence-electron chi connectivity index (χ4n) is 6.30. The van der Waals surface area contributed by atoms with Gasteiger partial charge in [-0.15, -0.1) is 0 Å². The first kappa shape index (κ1) is 25.1. The number of carbonyl (C=O) groups is 4. The zero-order valence-electron chi connectivity index (χ0n) is 21.6. The molecule has 3 aliphatic rings. The summed E-state index contributed by atoms with van der Waals surface area (Å²) in [5.41, 5.74) is 6.33. The Morgan fingerprint density at radius 2 is 2.00 bits per heavy atom. The number of benzene rings is 1. The van der Waals surface area contributed by atoms with Crippen molar-refractivity contribution >= 4 is 34.5 Å². The number of nitrogens with one attached hydrogen (secondary N) is 3. The van der Waals surface area contributed by atoms with Gasteiger partial charge < -0.3 is 31.0 Å². The summed E-state index contributed by atoms with van der Waals surface area (Å²) in [5.74, 6) is -1.29. The number of aromatic amines is 1. The van der Waals surface area contributed by atoms with Crippen molar-refractivity contribution in [2.75, 3.05) is 13.7 Å². The van der Waals surface area contributed by atoms with Gasteiger partial charge in [-0.3, -0.25) is 19.2 Å². The molecule has 3 fully saturated rings. The summed E-state index contributed by atoms with van der Waals surface area (Å²) in [7, 11) is 1.58. The van der Waals surface area contributed by atoms with Crippen LogP contribution in [0, 0.1) is 11.3 Å². The van der Waals surface area contributed by atoms with Crippen LogP contribution in [0.15, 0.2) is 24.3 Å². The van der Waals surface area contributed by atoms with Crippen molar-refractivity contribution in [3.05, 3.63) is 30.0 Å². The lowest BCUT2D eigenvalue weighted by Gasteiger charge is -2.37. The van der Waals surface area contributed by atoms with Crippen molar-refractivity contribution in [1.29, 1.82) is 0 Å². The van der Waals surface area contributed by atoms with Crippen molar-refractivity contribution < 1.29 is 23.9 Å². The van der Waals surface area contributed by atoms with E-state index in [1.807, 2.05) is 32.0 Å². The number of primary amides is 1. The molecule has 3 heterocycles. The normalized spacial score (nSPS) is 24.5. The van der Waals surface area contributed by atoms with Crippen LogP contribution < -0.4 is 21.1 Å². The Labute approximate surface area is 215 Å². The van der Waals surface area contributed by atoms with Crippen LogP contribution in [0.25, 0.3) is 10.9 Å². The summed E-state index contributed by atoms with van der Waals surface area (Å²) in [6, 6.07) is 5.58. The Balaban J connectivity index is 1.36. The van der Waals surface area contributed by atoms with Crippen molar-refractivity contribution in [2.24, 2.45) is 17.1 Å². The lowest BCUT2D eigenvalue weighted by atomic mass is 9.67. The minimum Gasteiger partial charge on any atom is -0.496 e. The highest BCUT2D eigenvalue weighted by Crippen LogP contribution is 2.50. The standard InChI is InChI=1S/C27H35N5O5/c1-26(2)12-15(23(34)31-26)10-18(22(28)33)30-24(35)20-13-27(8-5-9-27)14-32(20)25(36)19-11-16-17(29-19)6-4-7-21(16)37-3/h4,6-7,11,15,18,20,29H,5,8-10,12-14H2,1-3H3,(H2,28,33)(H,30,35)(H,31,34)/t15-,18?,20?/m1/s1. The highest BCUT2D eigenvalue weighted by molar-refractivity contribution is 6.02. The molecule has 2 saturated heterocycles. The van der Waals surface area contributed by atoms with E-state index >= 15 is 0 Å². The zero-order valence-corrected chi connectivity index (χ0v) is 21.6. The quantitative estimate of drug-likeness (QED) is 0.450. The minimum absolute atomic E-state index is 0.0844. The molecule has 37 heavy (non-hydrogen) atoms. The maximum atomic E-state index is 13.7. The van der Waals surface area contributed by atoms with Gasteiger partial charge >= 0.3 is 0 Å². The first-order valence-corrected chi connectivity index (χ1v) is 12.9. The Morgan fingerprint density at radius 1 is 1.24 bits per heavy atom. The molecule has 3 atom stereocenters. The number of ether oxygens (including phenoxy) is 1. The number of nitrogens with two attached hydrogens (primary N) is 1. The average molecular weight is 510 g/mol. The number of H-pyrrole nitrogens is 1. The number of hydrogen-bond acceptors (Lipinski definition) is 5. The summed E-state index contributed by atoms with van der Waals surface area (Å²) in [4.78, 5) is 56.7. The van der Waals surface area contributed by atoms with E-state index < -0.39 is 29.8 Å². The molecule has 2 aliphatic heterocycles. The van der Waals surface area contributed by atoms with Gasteiger partial charge in [-0.25, -0.2) is 0 Å². The molecule has 1 aromatic heterocycles. The van der Waals surface area contributed by atoms with Gasteiger partial charge in [-0.2, -0.15) is 0 Å². The highest BCUT2D eigenvalue weighted by atomic mass is 16.5. The second-order valence-corrected chi connectivity index (χ2v) is 11.6. The molecular weight excluding hydrogens is 474 g/mol. The fraction of sp³-hybridized carbons (Fsp3) is 0.556. The van der Waals surface area contributed by atoms with Crippen LogP contribution in [0.1, 0.15) is 62.9 Å². The molecule has 4 amide bonds. The largest absolute Gasteiger partial charge is 0.496 e. The van der Waals surface area contributed by atoms with Gasteiger partial charge in [0.15, 0.2) is 0 Å². The van der Waals surface area contributed by atoms with Crippen LogP contribution in [0.3, 0.4) is 0 Å². The van der Waals surface area contributed by atoms with Crippen LogP contribution in [0.4, 0.5) is 0 Å². The predicted octanol–water partition coefficient (Wildman–Crippen LogP) is 1.84. The number of likely N-dealkylation sites (tertiary alicyclic amines) is 1. The van der Waals surface area contributed by atoms with Gasteiger partial charge in [-0.1, -0.05) is 12.5 Å². The third-order valence-electron chi connectivity index (χ3n) is 8.33. The van der Waals surface area contributed by atoms with Crippen molar-refractivity contribution in [2.45, 2.75) is 70.0 Å². The highest BCUT2D eigenvalue weighted by Gasteiger charge is 2.52. The number of carbonyl (C=O) groups excluding carboxylic acids is 4. The van der Waals surface area contributed by atoms with Gasteiger partial charge in [0.2, 0.25) is 17.7 Å². The number of amides is 4. The van der Waals surface area contributed by atoms with E-state index in [0.717, 1.165) is 30.2 Å². The van der Waals surface area contributed by atoms with Gasteiger partial charge in [0.05, 0.1) is 7.11 Å². The molecule has 0 radical (unpaired) electrons. The van der Waals surface area contributed by atoms with E-state index in [0.29, 0.717) is 30.8 Å². The molecule has 1 spiro atoms. The second kappa shape index (κ2) is 9.08. The molecule has 1 saturated carbocycles. The van der Waals surface area contributed by atoms with E-state index in [9.17, 15) is 19.2 Å². The van der Waals surface area contributed by atoms with Gasteiger partial charge in [0, 0.05) is 28.9 Å². The summed E-state index contributed by atoms with van der Waals surface area (Å²) in [5, 5.41) is 6.49. The average Bonchev–Trinajstić information content (AvgIpc) is 3.50. The minimum atomic E-state index is -0.996. The molecule has 5 rings (SSSR count). The molecule has 0 bridgehead atoms. The SMILES string of the molecule is COc1cccc2[nH]c(C(=O)N3CC4(CCC4)CC3C(=O)NC(C[C@@H]3CC(C)(C)NC3=O)C(N)=O)cc12. The number of nitrogens with zero attached hydrogens (tertiary/aromatic N) is 1. The van der Waals surface area contributed by atoms with E-state index in [-0.39, 0.29) is 29.2 Å². The third-order valence-corrected chi connectivity index (χ3v) is 8.33. The van der Waals surface area contributed by atoms with Gasteiger partial charge in [0.25, 0.3) is 5.91 Å². The first-order chi connectivity index (χ1) is 17.5. The van der Waals surface area contributed by atoms with Crippen molar-refractivity contribution in [1.82, 2.24) is 20.5 Å². The number of fused-ring (bicyclic) bond motifs is 1. The molecule has 5 N–H and O–H groups in total. The van der Waals surface area contributed by atoms with Crippen LogP contribution in [-0.2, 0) is 14.4 Å². The Morgan fingerprint density at radius 3 is 2.59 bits per heavy atom. The Bertz CT molecular complexity index is 1260. The Hall–Kier alpha value is -3.56. The third kappa shape index (κ3) is 4.65. The summed E-state index contributed by atoms with van der Waals surface area (Å²) in [6.45, 7) is 4.32. The number of hydrogen-bond donors (Lipinski definition) is 4. The van der Waals surface area contributed by atoms with Gasteiger partial charge in [0.1, 0.15) is 23.5 Å².